The van der Waals surface area contributed by atoms with E-state index in [1.54, 1.807) is 0 Å². The quantitative estimate of drug-likeness (QED) is 0.939. The van der Waals surface area contributed by atoms with Crippen LogP contribution < -0.4 is 5.73 Å². The predicted molar refractivity (Wildman–Crippen MR) is 74.3 cm³/mol. The fraction of sp³-hybridized carbons (Fsp3) is 0.417. The molecule has 1 fully saturated rings. The Hall–Kier alpha value is -1.11. The van der Waals surface area contributed by atoms with Crippen LogP contribution >= 0.6 is 23.4 Å². The first-order valence-electron chi connectivity index (χ1n) is 6.16. The Kier molecular flexibility index (Phi) is 3.47. The van der Waals surface area contributed by atoms with E-state index in [9.17, 15) is 0 Å². The predicted octanol–water partition coefficient (Wildman–Crippen LogP) is 2.83. The minimum Gasteiger partial charge on any atom is -0.324 e. The highest BCUT2D eigenvalue weighted by atomic mass is 35.5. The van der Waals surface area contributed by atoms with Gasteiger partial charge in [-0.1, -0.05) is 17.7 Å². The van der Waals surface area contributed by atoms with Crippen LogP contribution in [0.15, 0.2) is 28.3 Å². The number of hydrogen-bond donors (Lipinski definition) is 1. The molecule has 0 aliphatic heterocycles. The lowest BCUT2D eigenvalue weighted by atomic mass is 10.1. The fourth-order valence-electron chi connectivity index (χ4n) is 1.85. The van der Waals surface area contributed by atoms with E-state index in [1.807, 2.05) is 29.8 Å². The molecule has 1 aliphatic rings. The van der Waals surface area contributed by atoms with Gasteiger partial charge in [0.25, 0.3) is 0 Å². The Bertz CT molecular complexity index is 594. The molecule has 0 radical (unpaired) electrons. The van der Waals surface area contributed by atoms with Crippen LogP contribution in [0, 0.1) is 0 Å². The highest BCUT2D eigenvalue weighted by molar-refractivity contribution is 7.99. The van der Waals surface area contributed by atoms with Gasteiger partial charge in [0.05, 0.1) is 6.04 Å². The van der Waals surface area contributed by atoms with Crippen LogP contribution in [-0.4, -0.2) is 20.2 Å². The van der Waals surface area contributed by atoms with E-state index in [-0.39, 0.29) is 6.04 Å². The van der Waals surface area contributed by atoms with Gasteiger partial charge in [-0.25, -0.2) is 4.68 Å². The molecule has 1 aromatic carbocycles. The van der Waals surface area contributed by atoms with Crippen molar-refractivity contribution in [2.75, 3.05) is 0 Å². The molecular formula is C12H14ClN5S. The number of rotatable bonds is 4. The van der Waals surface area contributed by atoms with Gasteiger partial charge in [-0.15, -0.1) is 5.10 Å². The lowest BCUT2D eigenvalue weighted by molar-refractivity contribution is 0.565. The van der Waals surface area contributed by atoms with Gasteiger partial charge >= 0.3 is 0 Å². The average Bonchev–Trinajstić information content (AvgIpc) is 3.10. The van der Waals surface area contributed by atoms with Crippen molar-refractivity contribution in [3.63, 3.8) is 0 Å². The molecule has 0 bridgehead atoms. The Morgan fingerprint density at radius 3 is 2.89 bits per heavy atom. The second-order valence-corrected chi connectivity index (χ2v) is 6.16. The maximum absolute atomic E-state index is 6.23. The standard InChI is InChI=1S/C12H14ClN5S/c1-7(14)10-5-4-9(6-11(10)13)19-12-15-16-17-18(12)8-2-3-8/h4-8H,2-3,14H2,1H3. The number of hydrogen-bond acceptors (Lipinski definition) is 5. The molecule has 2 N–H and O–H groups in total. The maximum atomic E-state index is 6.23. The van der Waals surface area contributed by atoms with E-state index in [0.29, 0.717) is 11.1 Å². The molecule has 1 atom stereocenters. The molecule has 1 aromatic heterocycles. The highest BCUT2D eigenvalue weighted by Gasteiger charge is 2.28. The number of tetrazole rings is 1. The van der Waals surface area contributed by atoms with Crippen molar-refractivity contribution in [1.82, 2.24) is 20.2 Å². The van der Waals surface area contributed by atoms with E-state index in [1.165, 1.54) is 11.8 Å². The van der Waals surface area contributed by atoms with Crippen LogP contribution in [0.5, 0.6) is 0 Å². The first-order valence-corrected chi connectivity index (χ1v) is 7.35. The van der Waals surface area contributed by atoms with Crippen molar-refractivity contribution in [2.45, 2.75) is 41.9 Å². The second-order valence-electron chi connectivity index (χ2n) is 4.71. The number of halogens is 1. The van der Waals surface area contributed by atoms with E-state index in [4.69, 9.17) is 17.3 Å². The smallest absolute Gasteiger partial charge is 0.214 e. The lowest BCUT2D eigenvalue weighted by Gasteiger charge is -2.09. The van der Waals surface area contributed by atoms with Crippen LogP contribution in [0.2, 0.25) is 5.02 Å². The molecule has 5 nitrogen and oxygen atoms in total. The van der Waals surface area contributed by atoms with Crippen LogP contribution in [0.4, 0.5) is 0 Å². The summed E-state index contributed by atoms with van der Waals surface area (Å²) >= 11 is 7.75. The van der Waals surface area contributed by atoms with Gasteiger partial charge < -0.3 is 5.73 Å². The Labute approximate surface area is 120 Å². The normalized spacial score (nSPS) is 16.6. The molecule has 0 amide bonds. The first kappa shape index (κ1) is 12.9. The zero-order valence-corrected chi connectivity index (χ0v) is 12.0. The Balaban J connectivity index is 1.83. The molecule has 1 saturated carbocycles. The summed E-state index contributed by atoms with van der Waals surface area (Å²) < 4.78 is 1.89. The van der Waals surface area contributed by atoms with Gasteiger partial charge in [0.15, 0.2) is 0 Å². The summed E-state index contributed by atoms with van der Waals surface area (Å²) in [7, 11) is 0. The number of nitrogens with two attached hydrogens (primary N) is 1. The largest absolute Gasteiger partial charge is 0.324 e. The van der Waals surface area contributed by atoms with E-state index < -0.39 is 0 Å². The highest BCUT2D eigenvalue weighted by Crippen LogP contribution is 2.38. The molecule has 2 aromatic rings. The maximum Gasteiger partial charge on any atom is 0.214 e. The van der Waals surface area contributed by atoms with Gasteiger partial charge in [0, 0.05) is 16.0 Å². The topological polar surface area (TPSA) is 69.6 Å². The third-order valence-corrected chi connectivity index (χ3v) is 4.30. The molecule has 100 valence electrons. The molecule has 1 unspecified atom stereocenters. The minimum atomic E-state index is -0.0664. The lowest BCUT2D eigenvalue weighted by Crippen LogP contribution is -2.05. The van der Waals surface area contributed by atoms with Gasteiger partial charge in [0.1, 0.15) is 0 Å². The molecule has 1 heterocycles. The van der Waals surface area contributed by atoms with Gasteiger partial charge in [-0.05, 0) is 59.7 Å². The first-order chi connectivity index (χ1) is 9.15. The fourth-order valence-corrected chi connectivity index (χ4v) is 3.14. The van der Waals surface area contributed by atoms with Crippen molar-refractivity contribution in [3.8, 4) is 0 Å². The summed E-state index contributed by atoms with van der Waals surface area (Å²) in [5.74, 6) is 0. The zero-order valence-electron chi connectivity index (χ0n) is 10.5. The summed E-state index contributed by atoms with van der Waals surface area (Å²) in [6, 6.07) is 6.28. The van der Waals surface area contributed by atoms with Crippen LogP contribution in [-0.2, 0) is 0 Å². The summed E-state index contributed by atoms with van der Waals surface area (Å²) in [5, 5.41) is 13.3. The summed E-state index contributed by atoms with van der Waals surface area (Å²) in [6.07, 6.45) is 2.31. The monoisotopic (exact) mass is 295 g/mol. The van der Waals surface area contributed by atoms with Gasteiger partial charge in [-0.2, -0.15) is 0 Å². The molecule has 3 rings (SSSR count). The molecule has 19 heavy (non-hydrogen) atoms. The number of benzene rings is 1. The third kappa shape index (κ3) is 2.75. The van der Waals surface area contributed by atoms with Crippen LogP contribution in [0.1, 0.15) is 37.4 Å². The summed E-state index contributed by atoms with van der Waals surface area (Å²) in [4.78, 5) is 1.02. The van der Waals surface area contributed by atoms with Crippen molar-refractivity contribution < 1.29 is 0 Å². The second kappa shape index (κ2) is 5.11. The molecule has 0 spiro atoms. The van der Waals surface area contributed by atoms with E-state index >= 15 is 0 Å². The third-order valence-electron chi connectivity index (χ3n) is 3.03. The van der Waals surface area contributed by atoms with Crippen molar-refractivity contribution in [1.29, 1.82) is 0 Å². The zero-order chi connectivity index (χ0) is 13.4. The van der Waals surface area contributed by atoms with E-state index in [0.717, 1.165) is 28.5 Å². The minimum absolute atomic E-state index is 0.0664. The van der Waals surface area contributed by atoms with E-state index in [2.05, 4.69) is 15.5 Å². The summed E-state index contributed by atoms with van der Waals surface area (Å²) in [6.45, 7) is 1.92. The molecular weight excluding hydrogens is 282 g/mol. The number of aromatic nitrogens is 4. The van der Waals surface area contributed by atoms with Gasteiger partial charge in [-0.3, -0.25) is 0 Å². The average molecular weight is 296 g/mol. The Morgan fingerprint density at radius 2 is 2.26 bits per heavy atom. The summed E-state index contributed by atoms with van der Waals surface area (Å²) in [5.41, 5.74) is 6.80. The van der Waals surface area contributed by atoms with Crippen LogP contribution in [0.25, 0.3) is 0 Å². The molecule has 7 heteroatoms. The van der Waals surface area contributed by atoms with Crippen LogP contribution in [0.3, 0.4) is 0 Å². The van der Waals surface area contributed by atoms with Crippen molar-refractivity contribution >= 4 is 23.4 Å². The SMILES string of the molecule is CC(N)c1ccc(Sc2nnnn2C2CC2)cc1Cl. The molecule has 0 saturated heterocycles. The van der Waals surface area contributed by atoms with Gasteiger partial charge in [0.2, 0.25) is 5.16 Å². The van der Waals surface area contributed by atoms with Crippen molar-refractivity contribution in [2.24, 2.45) is 5.73 Å². The Morgan fingerprint density at radius 1 is 1.47 bits per heavy atom. The number of nitrogens with zero attached hydrogens (tertiary/aromatic N) is 4. The molecule has 1 aliphatic carbocycles. The van der Waals surface area contributed by atoms with Crippen molar-refractivity contribution in [3.05, 3.63) is 28.8 Å².